The van der Waals surface area contributed by atoms with E-state index in [4.69, 9.17) is 9.47 Å². The Morgan fingerprint density at radius 2 is 1.78 bits per heavy atom. The molecule has 2 N–H and O–H groups in total. The molecule has 1 aromatic heterocycles. The van der Waals surface area contributed by atoms with Gasteiger partial charge in [-0.2, -0.15) is 0 Å². The van der Waals surface area contributed by atoms with Crippen LogP contribution in [0.3, 0.4) is 0 Å². The summed E-state index contributed by atoms with van der Waals surface area (Å²) < 4.78 is 13.0. The molecule has 1 fully saturated rings. The molecular weight excluding hydrogens is 466 g/mol. The second-order valence-corrected chi connectivity index (χ2v) is 9.50. The number of rotatable bonds is 10. The molecule has 7 nitrogen and oxygen atoms in total. The van der Waals surface area contributed by atoms with E-state index in [9.17, 15) is 9.90 Å². The van der Waals surface area contributed by atoms with Gasteiger partial charge in [0.1, 0.15) is 0 Å². The highest BCUT2D eigenvalue weighted by atomic mass is 16.7. The number of carbonyl (C=O) groups is 1. The van der Waals surface area contributed by atoms with Crippen LogP contribution in [0.2, 0.25) is 0 Å². The van der Waals surface area contributed by atoms with Crippen molar-refractivity contribution >= 4 is 5.91 Å². The van der Waals surface area contributed by atoms with E-state index in [1.54, 1.807) is 24.5 Å². The third-order valence-corrected chi connectivity index (χ3v) is 6.68. The first-order chi connectivity index (χ1) is 18.0. The molecule has 0 saturated carbocycles. The molecular formula is C30H35N3O4. The summed E-state index contributed by atoms with van der Waals surface area (Å²) in [5.74, 6) is -0.0443. The standard InChI is InChI=1S/C30H35N3O4/c1-4-16-33(3)19-27-21(2)28(24-11-9-23(20-34)10-12-24)37-30(36-27)25-13-7-22(8-14-25)17-32-29(35)26-6-5-15-31-18-26/h4-15,18,21,27-28,30,34H,1,16-17,19-20H2,2-3H3,(H,32,35). The number of carbonyl (C=O) groups excluding carboxylic acids is 1. The largest absolute Gasteiger partial charge is 0.392 e. The van der Waals surface area contributed by atoms with Crippen LogP contribution >= 0.6 is 0 Å². The smallest absolute Gasteiger partial charge is 0.253 e. The lowest BCUT2D eigenvalue weighted by Gasteiger charge is -2.42. The fourth-order valence-electron chi connectivity index (χ4n) is 4.50. The number of aliphatic hydroxyl groups excluding tert-OH is 1. The van der Waals surface area contributed by atoms with Crippen LogP contribution in [0.25, 0.3) is 0 Å². The first kappa shape index (κ1) is 26.7. The Bertz CT molecular complexity index is 1150. The molecule has 2 aromatic carbocycles. The Kier molecular flexibility index (Phi) is 9.19. The van der Waals surface area contributed by atoms with Gasteiger partial charge in [-0.25, -0.2) is 0 Å². The maximum atomic E-state index is 12.3. The number of nitrogens with zero attached hydrogens (tertiary/aromatic N) is 2. The number of hydrogen-bond acceptors (Lipinski definition) is 6. The summed E-state index contributed by atoms with van der Waals surface area (Å²) in [4.78, 5) is 18.5. The van der Waals surface area contributed by atoms with Crippen LogP contribution in [0.5, 0.6) is 0 Å². The minimum atomic E-state index is -0.528. The van der Waals surface area contributed by atoms with Gasteiger partial charge in [0.05, 0.1) is 24.4 Å². The summed E-state index contributed by atoms with van der Waals surface area (Å²) in [5.41, 5.74) is 4.35. The number of pyridine rings is 1. The van der Waals surface area contributed by atoms with E-state index in [2.05, 4.69) is 35.8 Å². The molecule has 2 heterocycles. The van der Waals surface area contributed by atoms with Crippen LogP contribution in [0.1, 0.15) is 51.9 Å². The molecule has 3 aromatic rings. The van der Waals surface area contributed by atoms with Gasteiger partial charge in [0.2, 0.25) is 0 Å². The second kappa shape index (κ2) is 12.7. The third-order valence-electron chi connectivity index (χ3n) is 6.68. The molecule has 7 heteroatoms. The van der Waals surface area contributed by atoms with Crippen molar-refractivity contribution in [1.82, 2.24) is 15.2 Å². The van der Waals surface area contributed by atoms with Crippen molar-refractivity contribution in [3.63, 3.8) is 0 Å². The zero-order valence-electron chi connectivity index (χ0n) is 21.4. The molecule has 0 radical (unpaired) electrons. The number of aliphatic hydroxyl groups is 1. The minimum absolute atomic E-state index is 0.0110. The Labute approximate surface area is 218 Å². The Balaban J connectivity index is 1.48. The number of ether oxygens (including phenoxy) is 2. The van der Waals surface area contributed by atoms with Crippen LogP contribution in [0.4, 0.5) is 0 Å². The van der Waals surface area contributed by atoms with Gasteiger partial charge < -0.3 is 24.8 Å². The number of likely N-dealkylation sites (N-methyl/N-ethyl adjacent to an activating group) is 1. The van der Waals surface area contributed by atoms with E-state index in [0.717, 1.165) is 35.3 Å². The molecule has 1 amide bonds. The predicted molar refractivity (Wildman–Crippen MR) is 143 cm³/mol. The Morgan fingerprint density at radius 1 is 1.08 bits per heavy atom. The highest BCUT2D eigenvalue weighted by molar-refractivity contribution is 5.93. The lowest BCUT2D eigenvalue weighted by atomic mass is 9.90. The molecule has 0 aliphatic carbocycles. The normalized spacial score (nSPS) is 21.5. The average Bonchev–Trinajstić information content (AvgIpc) is 2.94. The van der Waals surface area contributed by atoms with Crippen molar-refractivity contribution in [3.05, 3.63) is 114 Å². The molecule has 4 unspecified atom stereocenters. The van der Waals surface area contributed by atoms with Crippen molar-refractivity contribution in [2.24, 2.45) is 5.92 Å². The number of hydrogen-bond donors (Lipinski definition) is 2. The fourth-order valence-corrected chi connectivity index (χ4v) is 4.50. The first-order valence-electron chi connectivity index (χ1n) is 12.6. The molecule has 1 saturated heterocycles. The van der Waals surface area contributed by atoms with Gasteiger partial charge in [-0.15, -0.1) is 6.58 Å². The minimum Gasteiger partial charge on any atom is -0.392 e. The zero-order valence-corrected chi connectivity index (χ0v) is 21.4. The monoisotopic (exact) mass is 501 g/mol. The van der Waals surface area contributed by atoms with Gasteiger partial charge in [0.15, 0.2) is 6.29 Å². The van der Waals surface area contributed by atoms with Crippen LogP contribution in [0, 0.1) is 5.92 Å². The van der Waals surface area contributed by atoms with E-state index in [1.807, 2.05) is 54.6 Å². The van der Waals surface area contributed by atoms with Crippen molar-refractivity contribution in [2.45, 2.75) is 38.6 Å². The SMILES string of the molecule is C=CCN(C)CC1OC(c2ccc(CNC(=O)c3cccnc3)cc2)OC(c2ccc(CO)cc2)C1C. The van der Waals surface area contributed by atoms with Gasteiger partial charge in [-0.1, -0.05) is 61.5 Å². The first-order valence-corrected chi connectivity index (χ1v) is 12.6. The number of benzene rings is 2. The van der Waals surface area contributed by atoms with E-state index in [0.29, 0.717) is 12.1 Å². The highest BCUT2D eigenvalue weighted by Gasteiger charge is 2.38. The molecule has 4 rings (SSSR count). The number of nitrogens with one attached hydrogen (secondary N) is 1. The molecule has 1 aliphatic heterocycles. The molecule has 194 valence electrons. The maximum Gasteiger partial charge on any atom is 0.253 e. The lowest BCUT2D eigenvalue weighted by Crippen LogP contribution is -2.43. The highest BCUT2D eigenvalue weighted by Crippen LogP contribution is 2.41. The van der Waals surface area contributed by atoms with Gasteiger partial charge in [-0.3, -0.25) is 9.78 Å². The van der Waals surface area contributed by atoms with Crippen LogP contribution in [-0.2, 0) is 22.6 Å². The van der Waals surface area contributed by atoms with Crippen molar-refractivity contribution in [2.75, 3.05) is 20.1 Å². The van der Waals surface area contributed by atoms with Crippen LogP contribution in [-0.4, -0.2) is 47.1 Å². The average molecular weight is 502 g/mol. The summed E-state index contributed by atoms with van der Waals surface area (Å²) in [6.07, 6.45) is 4.34. The molecule has 1 aliphatic rings. The molecule has 4 atom stereocenters. The van der Waals surface area contributed by atoms with Gasteiger partial charge in [0, 0.05) is 43.5 Å². The quantitative estimate of drug-likeness (QED) is 0.401. The summed E-state index contributed by atoms with van der Waals surface area (Å²) >= 11 is 0. The molecule has 0 spiro atoms. The van der Waals surface area contributed by atoms with E-state index in [-0.39, 0.29) is 30.6 Å². The van der Waals surface area contributed by atoms with E-state index in [1.165, 1.54) is 0 Å². The zero-order chi connectivity index (χ0) is 26.2. The summed E-state index contributed by atoms with van der Waals surface area (Å²) in [6, 6.07) is 19.3. The van der Waals surface area contributed by atoms with E-state index >= 15 is 0 Å². The number of aromatic nitrogens is 1. The fraction of sp³-hybridized carbons (Fsp3) is 0.333. The second-order valence-electron chi connectivity index (χ2n) is 9.50. The van der Waals surface area contributed by atoms with E-state index < -0.39 is 6.29 Å². The lowest BCUT2D eigenvalue weighted by molar-refractivity contribution is -0.275. The molecule has 0 bridgehead atoms. The topological polar surface area (TPSA) is 83.9 Å². The van der Waals surface area contributed by atoms with Crippen molar-refractivity contribution in [3.8, 4) is 0 Å². The van der Waals surface area contributed by atoms with Crippen LogP contribution in [0.15, 0.2) is 85.7 Å². The third kappa shape index (κ3) is 6.90. The summed E-state index contributed by atoms with van der Waals surface area (Å²) in [7, 11) is 2.06. The van der Waals surface area contributed by atoms with Crippen molar-refractivity contribution in [1.29, 1.82) is 0 Å². The number of amides is 1. The predicted octanol–water partition coefficient (Wildman–Crippen LogP) is 4.41. The van der Waals surface area contributed by atoms with Gasteiger partial charge in [0.25, 0.3) is 5.91 Å². The van der Waals surface area contributed by atoms with Gasteiger partial charge >= 0.3 is 0 Å². The van der Waals surface area contributed by atoms with Crippen LogP contribution < -0.4 is 5.32 Å². The Hall–Kier alpha value is -3.36. The van der Waals surface area contributed by atoms with Crippen molar-refractivity contribution < 1.29 is 19.4 Å². The molecule has 37 heavy (non-hydrogen) atoms. The maximum absolute atomic E-state index is 12.3. The Morgan fingerprint density at radius 3 is 2.43 bits per heavy atom. The summed E-state index contributed by atoms with van der Waals surface area (Å²) in [5, 5.41) is 12.4. The summed E-state index contributed by atoms with van der Waals surface area (Å²) in [6.45, 7) is 7.94. The van der Waals surface area contributed by atoms with Gasteiger partial charge in [-0.05, 0) is 35.9 Å².